The van der Waals surface area contributed by atoms with Gasteiger partial charge < -0.3 is 14.4 Å². The number of rotatable bonds is 9. The van der Waals surface area contributed by atoms with Gasteiger partial charge >= 0.3 is 0 Å². The molecule has 0 spiro atoms. The monoisotopic (exact) mass is 338 g/mol. The summed E-state index contributed by atoms with van der Waals surface area (Å²) in [7, 11) is -2.52. The Kier molecular flexibility index (Phi) is 11.0. The number of hydrogen-bond donors (Lipinski definition) is 1. The van der Waals surface area contributed by atoms with Crippen molar-refractivity contribution in [3.05, 3.63) is 18.2 Å². The van der Waals surface area contributed by atoms with Crippen LogP contribution < -0.4 is 4.57 Å². The fourth-order valence-corrected chi connectivity index (χ4v) is 1.80. The molecule has 1 aromatic heterocycles. The van der Waals surface area contributed by atoms with Gasteiger partial charge in [0.15, 0.2) is 0 Å². The molecule has 0 saturated heterocycles. The Hall–Kier alpha value is -1.00. The van der Waals surface area contributed by atoms with Crippen LogP contribution in [0.25, 0.3) is 0 Å². The lowest BCUT2D eigenvalue weighted by Gasteiger charge is -2.06. The van der Waals surface area contributed by atoms with Crippen LogP contribution in [0.3, 0.4) is 0 Å². The van der Waals surface area contributed by atoms with Crippen LogP contribution in [-0.2, 0) is 32.9 Å². The van der Waals surface area contributed by atoms with Crippen molar-refractivity contribution < 1.29 is 31.6 Å². The highest BCUT2D eigenvalue weighted by molar-refractivity contribution is 7.80. The van der Waals surface area contributed by atoms with E-state index in [1.807, 2.05) is 0 Å². The van der Waals surface area contributed by atoms with Crippen LogP contribution in [0.4, 0.5) is 0 Å². The van der Waals surface area contributed by atoms with Crippen molar-refractivity contribution in [1.82, 2.24) is 4.57 Å². The van der Waals surface area contributed by atoms with Gasteiger partial charge in [0.05, 0.1) is 40.0 Å². The highest BCUT2D eigenvalue weighted by Gasteiger charge is 2.06. The first-order valence-electron chi connectivity index (χ1n) is 7.12. The first kappa shape index (κ1) is 21.0. The lowest BCUT2D eigenvalue weighted by molar-refractivity contribution is -0.677. The molecule has 0 bridgehead atoms. The molecule has 0 unspecified atom stereocenters. The van der Waals surface area contributed by atoms with Crippen molar-refractivity contribution in [2.75, 3.05) is 26.4 Å². The number of ether oxygens (including phenoxy) is 1. The summed E-state index contributed by atoms with van der Waals surface area (Å²) in [6.45, 7) is 5.14. The zero-order valence-electron chi connectivity index (χ0n) is 13.4. The average Bonchev–Trinajstić information content (AvgIpc) is 2.76. The third-order valence-corrected chi connectivity index (χ3v) is 3.30. The molecule has 0 aliphatic rings. The van der Waals surface area contributed by atoms with E-state index in [9.17, 15) is 13.0 Å². The highest BCUT2D eigenvalue weighted by atomic mass is 32.3. The van der Waals surface area contributed by atoms with Gasteiger partial charge in [-0.1, -0.05) is 13.3 Å². The standard InChI is InChI=1S/C9H17N2.C4H10O6S/c1-4-5-6-11-8-7-10(3)9(11)2;5-1-2-9-3-4-10-11(6,7)8/h7-8H,4-6H2,1-3H3;5H,1-4H2,(H,6,7,8)/q+1;/p-1. The molecule has 0 aliphatic heterocycles. The van der Waals surface area contributed by atoms with E-state index in [2.05, 4.69) is 51.3 Å². The second-order valence-electron chi connectivity index (χ2n) is 4.57. The van der Waals surface area contributed by atoms with E-state index in [0.717, 1.165) is 6.54 Å². The van der Waals surface area contributed by atoms with Crippen LogP contribution >= 0.6 is 0 Å². The van der Waals surface area contributed by atoms with E-state index < -0.39 is 10.4 Å². The Morgan fingerprint density at radius 1 is 1.36 bits per heavy atom. The molecule has 130 valence electrons. The van der Waals surface area contributed by atoms with Crippen molar-refractivity contribution in [2.45, 2.75) is 33.2 Å². The zero-order chi connectivity index (χ0) is 17.0. The number of aliphatic hydroxyl groups is 1. The number of unbranched alkanes of at least 4 members (excludes halogenated alkanes) is 1. The van der Waals surface area contributed by atoms with Gasteiger partial charge in [0.1, 0.15) is 12.4 Å². The molecule has 9 heteroatoms. The molecule has 8 nitrogen and oxygen atoms in total. The fraction of sp³-hybridized carbons (Fsp3) is 0.769. The highest BCUT2D eigenvalue weighted by Crippen LogP contribution is 1.97. The normalized spacial score (nSPS) is 11.1. The van der Waals surface area contributed by atoms with Crippen LogP contribution in [0, 0.1) is 6.92 Å². The van der Waals surface area contributed by atoms with Gasteiger partial charge in [-0.25, -0.2) is 17.6 Å². The smallest absolute Gasteiger partial charge is 0.253 e. The second kappa shape index (κ2) is 11.6. The molecule has 0 aliphatic carbocycles. The summed E-state index contributed by atoms with van der Waals surface area (Å²) in [6.07, 6.45) is 6.78. The molecule has 1 N–H and O–H groups in total. The summed E-state index contributed by atoms with van der Waals surface area (Å²) < 4.78 is 42.2. The molecular formula is C13H26N2O6S. The minimum atomic E-state index is -4.60. The number of imidazole rings is 1. The molecular weight excluding hydrogens is 312 g/mol. The largest absolute Gasteiger partial charge is 0.726 e. The van der Waals surface area contributed by atoms with E-state index in [4.69, 9.17) is 5.11 Å². The van der Waals surface area contributed by atoms with Crippen LogP contribution in [-0.4, -0.2) is 49.1 Å². The van der Waals surface area contributed by atoms with Crippen molar-refractivity contribution in [3.63, 3.8) is 0 Å². The minimum absolute atomic E-state index is 0.0258. The number of hydrogen-bond acceptors (Lipinski definition) is 6. The lowest BCUT2D eigenvalue weighted by atomic mass is 10.3. The fourth-order valence-electron chi connectivity index (χ4n) is 1.53. The Bertz CT molecular complexity index is 501. The topological polar surface area (TPSA) is 105 Å². The molecule has 0 saturated carbocycles. The van der Waals surface area contributed by atoms with E-state index in [-0.39, 0.29) is 26.4 Å². The summed E-state index contributed by atoms with van der Waals surface area (Å²) in [5, 5.41) is 8.18. The maximum Gasteiger partial charge on any atom is 0.253 e. The van der Waals surface area contributed by atoms with E-state index >= 15 is 0 Å². The third kappa shape index (κ3) is 10.7. The third-order valence-electron chi connectivity index (χ3n) is 2.84. The quantitative estimate of drug-likeness (QED) is 0.292. The number of aliphatic hydroxyl groups excluding tert-OH is 1. The van der Waals surface area contributed by atoms with Gasteiger partial charge in [0.25, 0.3) is 5.82 Å². The van der Waals surface area contributed by atoms with Crippen LogP contribution in [0.5, 0.6) is 0 Å². The maximum atomic E-state index is 9.78. The molecule has 0 atom stereocenters. The Morgan fingerprint density at radius 2 is 2.05 bits per heavy atom. The molecule has 0 amide bonds. The SMILES string of the molecule is CCCCn1cc[n+](C)c1C.O=S(=O)([O-])OCCOCCO. The maximum absolute atomic E-state index is 9.78. The van der Waals surface area contributed by atoms with Gasteiger partial charge in [-0.2, -0.15) is 0 Å². The Balaban J connectivity index is 0.000000401. The summed E-state index contributed by atoms with van der Waals surface area (Å²) in [6, 6.07) is 0. The zero-order valence-corrected chi connectivity index (χ0v) is 14.2. The predicted octanol–water partition coefficient (Wildman–Crippen LogP) is -0.107. The average molecular weight is 338 g/mol. The molecule has 0 fully saturated rings. The van der Waals surface area contributed by atoms with Gasteiger partial charge in [0.2, 0.25) is 10.4 Å². The van der Waals surface area contributed by atoms with Crippen molar-refractivity contribution >= 4 is 10.4 Å². The van der Waals surface area contributed by atoms with E-state index in [1.54, 1.807) is 0 Å². The van der Waals surface area contributed by atoms with Gasteiger partial charge in [-0.15, -0.1) is 0 Å². The molecule has 1 aromatic rings. The summed E-state index contributed by atoms with van der Waals surface area (Å²) in [4.78, 5) is 0. The first-order chi connectivity index (χ1) is 10.3. The Morgan fingerprint density at radius 3 is 2.50 bits per heavy atom. The number of aromatic nitrogens is 2. The van der Waals surface area contributed by atoms with Gasteiger partial charge in [0, 0.05) is 6.92 Å². The van der Waals surface area contributed by atoms with Crippen molar-refractivity contribution in [2.24, 2.45) is 7.05 Å². The molecule has 1 rings (SSSR count). The summed E-state index contributed by atoms with van der Waals surface area (Å²) >= 11 is 0. The minimum Gasteiger partial charge on any atom is -0.726 e. The molecule has 0 aromatic carbocycles. The number of aryl methyl sites for hydroxylation is 2. The van der Waals surface area contributed by atoms with E-state index in [1.165, 1.54) is 18.7 Å². The van der Waals surface area contributed by atoms with Crippen LogP contribution in [0.1, 0.15) is 25.6 Å². The summed E-state index contributed by atoms with van der Waals surface area (Å²) in [5.74, 6) is 1.33. The summed E-state index contributed by atoms with van der Waals surface area (Å²) in [5.41, 5.74) is 0. The Labute approximate surface area is 132 Å². The molecule has 22 heavy (non-hydrogen) atoms. The first-order valence-corrected chi connectivity index (χ1v) is 8.45. The van der Waals surface area contributed by atoms with Crippen LogP contribution in [0.2, 0.25) is 0 Å². The van der Waals surface area contributed by atoms with E-state index in [0.29, 0.717) is 0 Å². The van der Waals surface area contributed by atoms with Gasteiger partial charge in [-0.05, 0) is 6.42 Å². The second-order valence-corrected chi connectivity index (χ2v) is 5.62. The van der Waals surface area contributed by atoms with Crippen molar-refractivity contribution in [1.29, 1.82) is 0 Å². The van der Waals surface area contributed by atoms with Crippen LogP contribution in [0.15, 0.2) is 12.4 Å². The van der Waals surface area contributed by atoms with Crippen molar-refractivity contribution in [3.8, 4) is 0 Å². The van der Waals surface area contributed by atoms with Gasteiger partial charge in [-0.3, -0.25) is 4.18 Å². The lowest BCUT2D eigenvalue weighted by Crippen LogP contribution is -2.29. The molecule has 0 radical (unpaired) electrons. The number of nitrogens with zero attached hydrogens (tertiary/aromatic N) is 2. The molecule has 1 heterocycles. The predicted molar refractivity (Wildman–Crippen MR) is 78.8 cm³/mol.